The maximum Gasteiger partial charge on any atom is 0.573 e. The van der Waals surface area contributed by atoms with E-state index in [1.54, 1.807) is 47.9 Å². The second kappa shape index (κ2) is 9.64. The number of aryl methyl sites for hydroxylation is 1. The second-order valence-electron chi connectivity index (χ2n) is 9.69. The first kappa shape index (κ1) is 26.6. The summed E-state index contributed by atoms with van der Waals surface area (Å²) in [6.45, 7) is 3.52. The summed E-state index contributed by atoms with van der Waals surface area (Å²) in [6.07, 6.45) is -4.09. The fourth-order valence-electron chi connectivity index (χ4n) is 4.92. The average Bonchev–Trinajstić information content (AvgIpc) is 3.13. The number of ether oxygens (including phenoxy) is 2. The molecule has 4 aromatic rings. The van der Waals surface area contributed by atoms with E-state index in [-0.39, 0.29) is 12.3 Å². The van der Waals surface area contributed by atoms with Gasteiger partial charge in [-0.3, -0.25) is 4.79 Å². The quantitative estimate of drug-likeness (QED) is 0.260. The zero-order valence-corrected chi connectivity index (χ0v) is 21.7. The number of carbonyl (C=O) groups excluding carboxylic acids is 1. The standard InChI is InChI=1S/C29H23ClF3NO5/c1-16-25(26(35)18-4-6-20(30)7-5-18)22-9-8-21(38-29(31,32)33)14-23(22)34(16)15-17-3-10-24-19(13-17)11-12-28(2,39-24)27(36)37/h3-10,13-14H,11-12,15H2,1-2H3,(H,36,37). The van der Waals surface area contributed by atoms with Crippen LogP contribution >= 0.6 is 11.6 Å². The average molecular weight is 558 g/mol. The van der Waals surface area contributed by atoms with Crippen LogP contribution in [0.1, 0.15) is 46.1 Å². The molecule has 1 unspecified atom stereocenters. The van der Waals surface area contributed by atoms with Crippen molar-refractivity contribution >= 4 is 34.3 Å². The molecule has 1 N–H and O–H groups in total. The second-order valence-corrected chi connectivity index (χ2v) is 10.1. The molecule has 0 bridgehead atoms. The molecule has 0 spiro atoms. The van der Waals surface area contributed by atoms with Crippen LogP contribution in [-0.2, 0) is 17.8 Å². The van der Waals surface area contributed by atoms with E-state index in [0.717, 1.165) is 11.1 Å². The number of aromatic nitrogens is 1. The molecule has 1 aromatic heterocycles. The van der Waals surface area contributed by atoms with Crippen LogP contribution in [-0.4, -0.2) is 33.4 Å². The molecule has 39 heavy (non-hydrogen) atoms. The number of fused-ring (bicyclic) bond motifs is 2. The van der Waals surface area contributed by atoms with Crippen LogP contribution in [0.4, 0.5) is 13.2 Å². The van der Waals surface area contributed by atoms with Gasteiger partial charge in [0.2, 0.25) is 5.60 Å². The van der Waals surface area contributed by atoms with Gasteiger partial charge in [-0.1, -0.05) is 23.7 Å². The van der Waals surface area contributed by atoms with Gasteiger partial charge < -0.3 is 19.1 Å². The monoisotopic (exact) mass is 557 g/mol. The fraction of sp³-hybridized carbons (Fsp3) is 0.241. The summed E-state index contributed by atoms with van der Waals surface area (Å²) in [5.41, 5.74) is 2.06. The maximum atomic E-state index is 13.5. The smallest absolute Gasteiger partial charge is 0.478 e. The van der Waals surface area contributed by atoms with Crippen molar-refractivity contribution in [3.05, 3.63) is 93.6 Å². The molecule has 6 nitrogen and oxygen atoms in total. The molecule has 202 valence electrons. The number of aliphatic carboxylic acids is 1. The largest absolute Gasteiger partial charge is 0.573 e. The Morgan fingerprint density at radius 1 is 1.10 bits per heavy atom. The van der Waals surface area contributed by atoms with Crippen LogP contribution in [0, 0.1) is 6.92 Å². The highest BCUT2D eigenvalue weighted by molar-refractivity contribution is 6.30. The van der Waals surface area contributed by atoms with Crippen LogP contribution in [0.5, 0.6) is 11.5 Å². The first-order valence-electron chi connectivity index (χ1n) is 12.1. The third-order valence-electron chi connectivity index (χ3n) is 6.99. The minimum atomic E-state index is -4.87. The number of hydrogen-bond donors (Lipinski definition) is 1. The highest BCUT2D eigenvalue weighted by Crippen LogP contribution is 2.36. The summed E-state index contributed by atoms with van der Waals surface area (Å²) in [6, 6.07) is 15.7. The Morgan fingerprint density at radius 3 is 2.49 bits per heavy atom. The summed E-state index contributed by atoms with van der Waals surface area (Å²) >= 11 is 5.98. The first-order valence-corrected chi connectivity index (χ1v) is 12.5. The van der Waals surface area contributed by atoms with E-state index in [0.29, 0.717) is 51.3 Å². The minimum absolute atomic E-state index is 0.245. The highest BCUT2D eigenvalue weighted by Gasteiger charge is 2.39. The van der Waals surface area contributed by atoms with Crippen molar-refractivity contribution in [2.75, 3.05) is 0 Å². The van der Waals surface area contributed by atoms with Gasteiger partial charge in [-0.15, -0.1) is 13.2 Å². The van der Waals surface area contributed by atoms with Gasteiger partial charge in [-0.2, -0.15) is 0 Å². The van der Waals surface area contributed by atoms with Gasteiger partial charge in [-0.05, 0) is 73.9 Å². The predicted octanol–water partition coefficient (Wildman–Crippen LogP) is 6.95. The third kappa shape index (κ3) is 5.18. The number of carbonyl (C=O) groups is 2. The van der Waals surface area contributed by atoms with E-state index in [2.05, 4.69) is 4.74 Å². The van der Waals surface area contributed by atoms with Crippen LogP contribution in [0.15, 0.2) is 60.7 Å². The van der Waals surface area contributed by atoms with Crippen LogP contribution in [0.25, 0.3) is 10.9 Å². The maximum absolute atomic E-state index is 13.5. The number of nitrogens with zero attached hydrogens (tertiary/aromatic N) is 1. The van der Waals surface area contributed by atoms with Crippen molar-refractivity contribution < 1.29 is 37.3 Å². The molecule has 0 aliphatic carbocycles. The van der Waals surface area contributed by atoms with E-state index < -0.39 is 23.7 Å². The molecule has 0 amide bonds. The van der Waals surface area contributed by atoms with E-state index in [4.69, 9.17) is 16.3 Å². The summed E-state index contributed by atoms with van der Waals surface area (Å²) < 4.78 is 50.6. The zero-order chi connectivity index (χ0) is 28.1. The molecule has 0 fully saturated rings. The Bertz CT molecular complexity index is 1610. The molecule has 10 heteroatoms. The van der Waals surface area contributed by atoms with Crippen LogP contribution in [0.2, 0.25) is 5.02 Å². The van der Waals surface area contributed by atoms with Crippen molar-refractivity contribution in [1.29, 1.82) is 0 Å². The van der Waals surface area contributed by atoms with E-state index in [1.807, 2.05) is 6.07 Å². The minimum Gasteiger partial charge on any atom is -0.478 e. The molecular formula is C29H23ClF3NO5. The topological polar surface area (TPSA) is 77.8 Å². The van der Waals surface area contributed by atoms with Crippen LogP contribution in [0.3, 0.4) is 0 Å². The molecule has 5 rings (SSSR count). The fourth-order valence-corrected chi connectivity index (χ4v) is 5.04. The van der Waals surface area contributed by atoms with Gasteiger partial charge in [0.25, 0.3) is 0 Å². The van der Waals surface area contributed by atoms with Crippen molar-refractivity contribution in [1.82, 2.24) is 4.57 Å². The van der Waals surface area contributed by atoms with Crippen LogP contribution < -0.4 is 9.47 Å². The number of carboxylic acids is 1. The first-order chi connectivity index (χ1) is 18.3. The number of carboxylic acid groups (broad SMARTS) is 1. The molecule has 1 aliphatic rings. The molecule has 1 atom stereocenters. The normalized spacial score (nSPS) is 17.0. The predicted molar refractivity (Wildman–Crippen MR) is 139 cm³/mol. The third-order valence-corrected chi connectivity index (χ3v) is 7.24. The van der Waals surface area contributed by atoms with Gasteiger partial charge in [0.05, 0.1) is 11.1 Å². The van der Waals surface area contributed by atoms with Crippen molar-refractivity contribution in [3.63, 3.8) is 0 Å². The van der Waals surface area contributed by atoms with E-state index >= 15 is 0 Å². The Morgan fingerprint density at radius 2 is 1.82 bits per heavy atom. The Hall–Kier alpha value is -3.98. The van der Waals surface area contributed by atoms with Crippen molar-refractivity contribution in [3.8, 4) is 11.5 Å². The highest BCUT2D eigenvalue weighted by atomic mass is 35.5. The lowest BCUT2D eigenvalue weighted by Gasteiger charge is -2.32. The number of hydrogen-bond acceptors (Lipinski definition) is 4. The lowest BCUT2D eigenvalue weighted by atomic mass is 9.92. The number of rotatable bonds is 6. The van der Waals surface area contributed by atoms with Gasteiger partial charge in [0.1, 0.15) is 11.5 Å². The number of alkyl halides is 3. The molecule has 0 radical (unpaired) electrons. The summed E-state index contributed by atoms with van der Waals surface area (Å²) in [5, 5.41) is 10.5. The Balaban J connectivity index is 1.58. The van der Waals surface area contributed by atoms with Gasteiger partial charge in [0, 0.05) is 40.7 Å². The Kier molecular flexibility index (Phi) is 6.58. The van der Waals surface area contributed by atoms with Gasteiger partial charge in [0.15, 0.2) is 5.78 Å². The molecular weight excluding hydrogens is 535 g/mol. The lowest BCUT2D eigenvalue weighted by molar-refractivity contribution is -0.274. The number of benzene rings is 3. The molecule has 3 aromatic carbocycles. The molecule has 1 aliphatic heterocycles. The van der Waals surface area contributed by atoms with Crippen molar-refractivity contribution in [2.24, 2.45) is 0 Å². The zero-order valence-electron chi connectivity index (χ0n) is 20.9. The summed E-state index contributed by atoms with van der Waals surface area (Å²) in [5.74, 6) is -1.25. The lowest BCUT2D eigenvalue weighted by Crippen LogP contribution is -2.44. The van der Waals surface area contributed by atoms with E-state index in [9.17, 15) is 27.9 Å². The summed E-state index contributed by atoms with van der Waals surface area (Å²) in [7, 11) is 0. The molecule has 0 saturated heterocycles. The van der Waals surface area contributed by atoms with Gasteiger partial charge in [-0.25, -0.2) is 4.79 Å². The van der Waals surface area contributed by atoms with Gasteiger partial charge >= 0.3 is 12.3 Å². The van der Waals surface area contributed by atoms with Crippen molar-refractivity contribution in [2.45, 2.75) is 45.2 Å². The SMILES string of the molecule is Cc1c(C(=O)c2ccc(Cl)cc2)c2ccc(OC(F)(F)F)cc2n1Cc1ccc2c(c1)CCC(C)(C(=O)O)O2. The molecule has 0 saturated carbocycles. The summed E-state index contributed by atoms with van der Waals surface area (Å²) in [4.78, 5) is 25.2. The Labute approximate surface area is 226 Å². The molecule has 2 heterocycles. The van der Waals surface area contributed by atoms with E-state index in [1.165, 1.54) is 25.1 Å². The number of halogens is 4. The number of ketones is 1.